The van der Waals surface area contributed by atoms with E-state index in [1.54, 1.807) is 4.90 Å². The van der Waals surface area contributed by atoms with E-state index in [0.717, 1.165) is 6.42 Å². The van der Waals surface area contributed by atoms with Crippen LogP contribution < -0.4 is 0 Å². The van der Waals surface area contributed by atoms with Crippen LogP contribution in [0.3, 0.4) is 0 Å². The van der Waals surface area contributed by atoms with Crippen LogP contribution in [0, 0.1) is 16.0 Å². The van der Waals surface area contributed by atoms with E-state index in [9.17, 15) is 14.9 Å². The lowest BCUT2D eigenvalue weighted by molar-refractivity contribution is -0.389. The topological polar surface area (TPSA) is 76.3 Å². The van der Waals surface area contributed by atoms with Gasteiger partial charge in [0.1, 0.15) is 0 Å². The van der Waals surface area contributed by atoms with Gasteiger partial charge in [0.05, 0.1) is 10.0 Å². The largest absolute Gasteiger partial charge is 0.364 e. The van der Waals surface area contributed by atoms with Crippen molar-refractivity contribution in [1.29, 1.82) is 0 Å². The number of pyridine rings is 1. The zero-order valence-corrected chi connectivity index (χ0v) is 12.3. The van der Waals surface area contributed by atoms with Crippen LogP contribution in [0.2, 0.25) is 0 Å². The summed E-state index contributed by atoms with van der Waals surface area (Å²) in [6, 6.07) is 1.38. The van der Waals surface area contributed by atoms with Crippen molar-refractivity contribution < 1.29 is 9.72 Å². The average Bonchev–Trinajstić information content (AvgIpc) is 2.68. The van der Waals surface area contributed by atoms with E-state index >= 15 is 0 Å². The van der Waals surface area contributed by atoms with Crippen molar-refractivity contribution >= 4 is 27.7 Å². The van der Waals surface area contributed by atoms with Crippen LogP contribution in [-0.4, -0.2) is 33.3 Å². The Morgan fingerprint density at radius 3 is 2.79 bits per heavy atom. The molecule has 7 heteroatoms. The number of aromatic nitrogens is 1. The second-order valence-corrected chi connectivity index (χ2v) is 5.78. The Kier molecular flexibility index (Phi) is 3.84. The van der Waals surface area contributed by atoms with Gasteiger partial charge < -0.3 is 15.0 Å². The molecule has 2 heterocycles. The standard InChI is InChI=1S/C12H14BrN3O3/c1-7-3-8(2)15(6-7)12(17)9-4-11(16(18)19)14-5-10(9)13/h4-5,7-8H,3,6H2,1-2H3. The van der Waals surface area contributed by atoms with Crippen molar-refractivity contribution in [2.24, 2.45) is 5.92 Å². The van der Waals surface area contributed by atoms with Crippen molar-refractivity contribution in [3.63, 3.8) is 0 Å². The fourth-order valence-corrected chi connectivity index (χ4v) is 2.82. The van der Waals surface area contributed by atoms with Crippen LogP contribution in [0.4, 0.5) is 5.82 Å². The third-order valence-corrected chi connectivity index (χ3v) is 3.94. The van der Waals surface area contributed by atoms with Crippen LogP contribution >= 0.6 is 15.9 Å². The normalized spacial score (nSPS) is 22.6. The number of halogens is 1. The highest BCUT2D eigenvalue weighted by Crippen LogP contribution is 2.27. The molecule has 1 aromatic heterocycles. The molecule has 0 radical (unpaired) electrons. The van der Waals surface area contributed by atoms with Crippen LogP contribution in [0.15, 0.2) is 16.7 Å². The highest BCUT2D eigenvalue weighted by atomic mass is 79.9. The summed E-state index contributed by atoms with van der Waals surface area (Å²) in [7, 11) is 0. The summed E-state index contributed by atoms with van der Waals surface area (Å²) < 4.78 is 0.481. The third kappa shape index (κ3) is 2.75. The lowest BCUT2D eigenvalue weighted by Crippen LogP contribution is -2.34. The number of carbonyl (C=O) groups excluding carboxylic acids is 1. The molecule has 1 aliphatic rings. The van der Waals surface area contributed by atoms with Crippen molar-refractivity contribution in [3.05, 3.63) is 32.4 Å². The molecular weight excluding hydrogens is 314 g/mol. The van der Waals surface area contributed by atoms with E-state index in [-0.39, 0.29) is 17.8 Å². The van der Waals surface area contributed by atoms with Gasteiger partial charge in [0.2, 0.25) is 0 Å². The minimum Gasteiger partial charge on any atom is -0.358 e. The van der Waals surface area contributed by atoms with Crippen molar-refractivity contribution in [2.75, 3.05) is 6.54 Å². The molecule has 1 saturated heterocycles. The van der Waals surface area contributed by atoms with Crippen LogP contribution in [-0.2, 0) is 0 Å². The molecule has 1 fully saturated rings. The second-order valence-electron chi connectivity index (χ2n) is 4.93. The first-order valence-corrected chi connectivity index (χ1v) is 6.80. The van der Waals surface area contributed by atoms with E-state index in [1.807, 2.05) is 6.92 Å². The van der Waals surface area contributed by atoms with Crippen LogP contribution in [0.5, 0.6) is 0 Å². The number of hydrogen-bond donors (Lipinski definition) is 0. The fraction of sp³-hybridized carbons (Fsp3) is 0.500. The van der Waals surface area contributed by atoms with E-state index in [2.05, 4.69) is 27.8 Å². The van der Waals surface area contributed by atoms with Gasteiger partial charge in [-0.05, 0) is 45.1 Å². The lowest BCUT2D eigenvalue weighted by Gasteiger charge is -2.21. The molecule has 0 aromatic carbocycles. The van der Waals surface area contributed by atoms with Gasteiger partial charge in [-0.3, -0.25) is 4.79 Å². The number of amides is 1. The molecule has 6 nitrogen and oxygen atoms in total. The molecule has 0 bridgehead atoms. The Balaban J connectivity index is 2.33. The minimum absolute atomic E-state index is 0.154. The Morgan fingerprint density at radius 2 is 2.26 bits per heavy atom. The summed E-state index contributed by atoms with van der Waals surface area (Å²) in [5.74, 6) is -0.0461. The zero-order chi connectivity index (χ0) is 14.2. The summed E-state index contributed by atoms with van der Waals surface area (Å²) in [6.07, 6.45) is 2.26. The number of likely N-dealkylation sites (tertiary alicyclic amines) is 1. The highest BCUT2D eigenvalue weighted by molar-refractivity contribution is 9.10. The molecule has 1 aromatic rings. The SMILES string of the molecule is CC1CC(C)N(C(=O)c2cc([N+](=O)[O-])ncc2Br)C1. The maximum Gasteiger partial charge on any atom is 0.364 e. The van der Waals surface area contributed by atoms with Gasteiger partial charge in [-0.25, -0.2) is 0 Å². The van der Waals surface area contributed by atoms with E-state index in [1.165, 1.54) is 12.3 Å². The monoisotopic (exact) mass is 327 g/mol. The number of hydrogen-bond acceptors (Lipinski definition) is 4. The number of nitro groups is 1. The van der Waals surface area contributed by atoms with Gasteiger partial charge in [0.15, 0.2) is 6.20 Å². The first-order valence-electron chi connectivity index (χ1n) is 6.01. The Bertz CT molecular complexity index is 535. The first kappa shape index (κ1) is 13.9. The molecule has 0 spiro atoms. The smallest absolute Gasteiger partial charge is 0.358 e. The molecule has 1 aliphatic heterocycles. The van der Waals surface area contributed by atoms with Crippen molar-refractivity contribution in [2.45, 2.75) is 26.3 Å². The summed E-state index contributed by atoms with van der Waals surface area (Å²) in [5.41, 5.74) is 0.294. The maximum absolute atomic E-state index is 12.4. The zero-order valence-electron chi connectivity index (χ0n) is 10.7. The fourth-order valence-electron chi connectivity index (χ4n) is 2.43. The summed E-state index contributed by atoms with van der Waals surface area (Å²) >= 11 is 3.23. The predicted molar refractivity (Wildman–Crippen MR) is 72.9 cm³/mol. The van der Waals surface area contributed by atoms with Gasteiger partial charge in [-0.1, -0.05) is 6.92 Å². The Labute approximate surface area is 119 Å². The van der Waals surface area contributed by atoms with Crippen molar-refractivity contribution in [1.82, 2.24) is 9.88 Å². The third-order valence-electron chi connectivity index (χ3n) is 3.30. The Hall–Kier alpha value is -1.50. The first-order chi connectivity index (χ1) is 8.90. The van der Waals surface area contributed by atoms with Gasteiger partial charge in [0.25, 0.3) is 5.91 Å². The molecule has 102 valence electrons. The quantitative estimate of drug-likeness (QED) is 0.618. The molecule has 1 amide bonds. The van der Waals surface area contributed by atoms with Crippen LogP contribution in [0.25, 0.3) is 0 Å². The molecule has 2 unspecified atom stereocenters. The molecule has 19 heavy (non-hydrogen) atoms. The van der Waals surface area contributed by atoms with Gasteiger partial charge in [0, 0.05) is 18.7 Å². The number of rotatable bonds is 2. The lowest BCUT2D eigenvalue weighted by atomic mass is 10.1. The molecule has 0 saturated carbocycles. The molecule has 2 atom stereocenters. The summed E-state index contributed by atoms with van der Waals surface area (Å²) in [4.78, 5) is 28.0. The van der Waals surface area contributed by atoms with E-state index in [4.69, 9.17) is 0 Å². The van der Waals surface area contributed by atoms with E-state index in [0.29, 0.717) is 22.5 Å². The molecule has 2 rings (SSSR count). The van der Waals surface area contributed by atoms with Crippen molar-refractivity contribution in [3.8, 4) is 0 Å². The van der Waals surface area contributed by atoms with Gasteiger partial charge in [-0.2, -0.15) is 0 Å². The summed E-state index contributed by atoms with van der Waals surface area (Å²) in [5, 5.41) is 10.7. The summed E-state index contributed by atoms with van der Waals surface area (Å²) in [6.45, 7) is 4.77. The maximum atomic E-state index is 12.4. The predicted octanol–water partition coefficient (Wildman–Crippen LogP) is 2.62. The molecular formula is C12H14BrN3O3. The van der Waals surface area contributed by atoms with Gasteiger partial charge in [-0.15, -0.1) is 0 Å². The highest BCUT2D eigenvalue weighted by Gasteiger charge is 2.32. The Morgan fingerprint density at radius 1 is 1.58 bits per heavy atom. The van der Waals surface area contributed by atoms with Crippen LogP contribution in [0.1, 0.15) is 30.6 Å². The average molecular weight is 328 g/mol. The minimum atomic E-state index is -0.598. The van der Waals surface area contributed by atoms with E-state index < -0.39 is 4.92 Å². The molecule has 0 aliphatic carbocycles. The molecule has 0 N–H and O–H groups in total. The number of carbonyl (C=O) groups is 1. The van der Waals surface area contributed by atoms with Gasteiger partial charge >= 0.3 is 5.82 Å². The second kappa shape index (κ2) is 5.24. The number of nitrogens with zero attached hydrogens (tertiary/aromatic N) is 3.